The van der Waals surface area contributed by atoms with Crippen LogP contribution in [-0.4, -0.2) is 70.0 Å². The normalized spacial score (nSPS) is 12.9. The van der Waals surface area contributed by atoms with Crippen molar-refractivity contribution >= 4 is 19.8 Å². The maximum Gasteiger partial charge on any atom is 0.306 e. The number of quaternary nitrogens is 1. The zero-order valence-corrected chi connectivity index (χ0v) is 61.8. The molecule has 0 aliphatic rings. The molecule has 0 rings (SSSR count). The average molecular weight is 1280 g/mol. The topological polar surface area (TPSA) is 111 Å². The molecule has 0 saturated heterocycles. The molecule has 0 heterocycles. The molecule has 2 unspecified atom stereocenters. The van der Waals surface area contributed by atoms with E-state index in [4.69, 9.17) is 18.5 Å². The van der Waals surface area contributed by atoms with Crippen LogP contribution in [0.5, 0.6) is 0 Å². The van der Waals surface area contributed by atoms with Crippen molar-refractivity contribution in [3.05, 3.63) is 0 Å². The van der Waals surface area contributed by atoms with Crippen LogP contribution in [0.2, 0.25) is 0 Å². The summed E-state index contributed by atoms with van der Waals surface area (Å²) in [5.74, 6) is -0.800. The summed E-state index contributed by atoms with van der Waals surface area (Å²) in [4.78, 5) is 38.2. The Labute approximate surface area is 556 Å². The highest BCUT2D eigenvalue weighted by Crippen LogP contribution is 2.38. The number of nitrogens with zero attached hydrogens (tertiary/aromatic N) is 1. The molecule has 0 fully saturated rings. The third-order valence-electron chi connectivity index (χ3n) is 18.9. The number of carbonyl (C=O) groups excluding carboxylic acids is 2. The van der Waals surface area contributed by atoms with Crippen LogP contribution in [0.3, 0.4) is 0 Å². The Hall–Kier alpha value is -0.990. The van der Waals surface area contributed by atoms with Gasteiger partial charge in [-0.25, -0.2) is 0 Å². The second-order valence-electron chi connectivity index (χ2n) is 29.2. The third-order valence-corrected chi connectivity index (χ3v) is 19.8. The zero-order valence-electron chi connectivity index (χ0n) is 60.9. The molecule has 0 aromatic rings. The van der Waals surface area contributed by atoms with Crippen LogP contribution >= 0.6 is 7.82 Å². The van der Waals surface area contributed by atoms with Crippen molar-refractivity contribution < 1.29 is 42.1 Å². The van der Waals surface area contributed by atoms with Gasteiger partial charge in [0, 0.05) is 12.8 Å². The van der Waals surface area contributed by atoms with E-state index in [-0.39, 0.29) is 32.0 Å². The van der Waals surface area contributed by atoms with E-state index in [0.717, 1.165) is 32.1 Å². The van der Waals surface area contributed by atoms with Gasteiger partial charge in [0.25, 0.3) is 7.82 Å². The molecule has 0 aliphatic carbocycles. The number of unbranched alkanes of at least 4 members (excludes halogenated alkanes) is 63. The van der Waals surface area contributed by atoms with E-state index in [9.17, 15) is 19.0 Å². The van der Waals surface area contributed by atoms with Crippen LogP contribution < -0.4 is 4.89 Å². The van der Waals surface area contributed by atoms with Gasteiger partial charge in [0.05, 0.1) is 27.7 Å². The van der Waals surface area contributed by atoms with Crippen LogP contribution in [0.25, 0.3) is 0 Å². The number of phosphoric ester groups is 1. The highest BCUT2D eigenvalue weighted by Gasteiger charge is 2.22. The lowest BCUT2D eigenvalue weighted by Gasteiger charge is -2.28. The molecule has 0 saturated carbocycles. The molecule has 9 nitrogen and oxygen atoms in total. The van der Waals surface area contributed by atoms with Crippen LogP contribution in [0.1, 0.15) is 444 Å². The second kappa shape index (κ2) is 71.3. The molecule has 10 heteroatoms. The fraction of sp³-hybridized carbons (Fsp3) is 0.975. The SMILES string of the molecule is CCCCCCCCCCCCCCCCCCCCCCCCCCCCCCCCCCCCCC(=O)OC(COC(=O)CCCCCCCCCCCCCCCCCCCCCCCCCCCCCCCC)COP(=O)([O-])OCC[N+](C)(C)C. The zero-order chi connectivity index (χ0) is 64.8. The van der Waals surface area contributed by atoms with E-state index < -0.39 is 26.5 Å². The number of phosphoric acid groups is 1. The van der Waals surface area contributed by atoms with Crippen molar-refractivity contribution in [2.75, 3.05) is 47.5 Å². The Morgan fingerprint density at radius 2 is 0.506 bits per heavy atom. The largest absolute Gasteiger partial charge is 0.756 e. The molecule has 89 heavy (non-hydrogen) atoms. The molecule has 0 aromatic heterocycles. The van der Waals surface area contributed by atoms with Crippen molar-refractivity contribution in [3.63, 3.8) is 0 Å². The average Bonchev–Trinajstić information content (AvgIpc) is 3.60. The first kappa shape index (κ1) is 88.0. The van der Waals surface area contributed by atoms with E-state index >= 15 is 0 Å². The van der Waals surface area contributed by atoms with Crippen LogP contribution in [-0.2, 0) is 32.7 Å². The Bertz CT molecular complexity index is 1460. The van der Waals surface area contributed by atoms with E-state index in [2.05, 4.69) is 13.8 Å². The smallest absolute Gasteiger partial charge is 0.306 e. The van der Waals surface area contributed by atoms with E-state index in [1.165, 1.54) is 379 Å². The van der Waals surface area contributed by atoms with Crippen molar-refractivity contribution in [3.8, 4) is 0 Å². The summed E-state index contributed by atoms with van der Waals surface area (Å²) in [5, 5.41) is 0. The third kappa shape index (κ3) is 75.9. The second-order valence-corrected chi connectivity index (χ2v) is 30.6. The fourth-order valence-electron chi connectivity index (χ4n) is 12.7. The van der Waals surface area contributed by atoms with Crippen LogP contribution in [0.15, 0.2) is 0 Å². The van der Waals surface area contributed by atoms with Crippen LogP contribution in [0.4, 0.5) is 0 Å². The van der Waals surface area contributed by atoms with Crippen LogP contribution in [0, 0.1) is 0 Å². The van der Waals surface area contributed by atoms with Gasteiger partial charge in [0.1, 0.15) is 19.8 Å². The Balaban J connectivity index is 3.88. The predicted octanol–water partition coefficient (Wildman–Crippen LogP) is 25.8. The summed E-state index contributed by atoms with van der Waals surface area (Å²) in [6.45, 7) is 4.35. The maximum absolute atomic E-state index is 12.9. The van der Waals surface area contributed by atoms with Gasteiger partial charge in [-0.3, -0.25) is 14.2 Å². The molecule has 0 amide bonds. The van der Waals surface area contributed by atoms with Crippen molar-refractivity contribution in [2.45, 2.75) is 450 Å². The number of hydrogen-bond acceptors (Lipinski definition) is 8. The molecule has 2 atom stereocenters. The maximum atomic E-state index is 12.9. The predicted molar refractivity (Wildman–Crippen MR) is 384 cm³/mol. The van der Waals surface area contributed by atoms with Gasteiger partial charge in [0.2, 0.25) is 0 Å². The number of esters is 2. The molecule has 0 aliphatic heterocycles. The van der Waals surface area contributed by atoms with E-state index in [0.29, 0.717) is 17.4 Å². The number of rotatable bonds is 77. The summed E-state index contributed by atoms with van der Waals surface area (Å²) in [6.07, 6.45) is 88.1. The lowest BCUT2D eigenvalue weighted by Crippen LogP contribution is -2.37. The van der Waals surface area contributed by atoms with Gasteiger partial charge >= 0.3 is 11.9 Å². The van der Waals surface area contributed by atoms with E-state index in [1.54, 1.807) is 0 Å². The van der Waals surface area contributed by atoms with E-state index in [1.807, 2.05) is 21.1 Å². The lowest BCUT2D eigenvalue weighted by atomic mass is 10.0. The molecule has 0 N–H and O–H groups in total. The van der Waals surface area contributed by atoms with Gasteiger partial charge in [0.15, 0.2) is 6.10 Å². The Kier molecular flexibility index (Phi) is 70.5. The lowest BCUT2D eigenvalue weighted by molar-refractivity contribution is -0.870. The number of ether oxygens (including phenoxy) is 2. The van der Waals surface area contributed by atoms with Gasteiger partial charge in [-0.05, 0) is 12.8 Å². The molecule has 0 bridgehead atoms. The highest BCUT2D eigenvalue weighted by atomic mass is 31.2. The Morgan fingerprint density at radius 3 is 0.719 bits per heavy atom. The Morgan fingerprint density at radius 1 is 0.303 bits per heavy atom. The van der Waals surface area contributed by atoms with Gasteiger partial charge in [-0.15, -0.1) is 0 Å². The minimum absolute atomic E-state index is 0.0246. The number of likely N-dealkylation sites (N-methyl/N-ethyl adjacent to an activating group) is 1. The highest BCUT2D eigenvalue weighted by molar-refractivity contribution is 7.45. The monoisotopic (exact) mass is 1280 g/mol. The summed E-state index contributed by atoms with van der Waals surface area (Å²) >= 11 is 0. The number of carbonyl (C=O) groups is 2. The van der Waals surface area contributed by atoms with Crippen molar-refractivity contribution in [1.82, 2.24) is 0 Å². The fourth-order valence-corrected chi connectivity index (χ4v) is 13.5. The molecular weight excluding hydrogens is 1120 g/mol. The molecular formula is C79H158NO8P. The minimum Gasteiger partial charge on any atom is -0.756 e. The molecule has 0 aromatic carbocycles. The van der Waals surface area contributed by atoms with Crippen molar-refractivity contribution in [1.29, 1.82) is 0 Å². The molecule has 0 spiro atoms. The summed E-state index contributed by atoms with van der Waals surface area (Å²) in [6, 6.07) is 0. The van der Waals surface area contributed by atoms with Gasteiger partial charge in [-0.2, -0.15) is 0 Å². The first-order valence-corrected chi connectivity index (χ1v) is 41.7. The minimum atomic E-state index is -4.64. The summed E-state index contributed by atoms with van der Waals surface area (Å²) < 4.78 is 34.4. The summed E-state index contributed by atoms with van der Waals surface area (Å²) in [7, 11) is 1.20. The summed E-state index contributed by atoms with van der Waals surface area (Å²) in [5.41, 5.74) is 0. The quantitative estimate of drug-likeness (QED) is 0.0256. The van der Waals surface area contributed by atoms with Gasteiger partial charge in [-0.1, -0.05) is 418 Å². The molecule has 532 valence electrons. The number of hydrogen-bond donors (Lipinski definition) is 0. The molecule has 0 radical (unpaired) electrons. The van der Waals surface area contributed by atoms with Crippen molar-refractivity contribution in [2.24, 2.45) is 0 Å². The standard InChI is InChI=1S/C79H158NO8P/c1-6-8-10-12-14-16-18-20-22-24-26-28-30-32-34-36-38-39-40-41-42-44-46-48-50-52-54-56-58-60-62-64-66-68-70-72-79(82)88-77(76-87-89(83,84)86-74-73-80(3,4)5)75-85-78(81)71-69-67-65-63-61-59-57-55-53-51-49-47-45-43-37-35-33-31-29-27-25-23-21-19-17-15-13-11-9-7-2/h77H,6-76H2,1-5H3. The first-order chi connectivity index (χ1) is 43.5. The van der Waals surface area contributed by atoms with Gasteiger partial charge < -0.3 is 27.9 Å². The first-order valence-electron chi connectivity index (χ1n) is 40.2.